The predicted molar refractivity (Wildman–Crippen MR) is 129 cm³/mol. The number of hydrogen-bond donors (Lipinski definition) is 9. The van der Waals surface area contributed by atoms with E-state index in [4.69, 9.17) is 23.7 Å². The first-order chi connectivity index (χ1) is 18.9. The van der Waals surface area contributed by atoms with Crippen LogP contribution in [0.5, 0.6) is 11.5 Å². The Morgan fingerprint density at radius 3 is 2.25 bits per heavy atom. The molecule has 9 N–H and O–H groups in total. The lowest BCUT2D eigenvalue weighted by Gasteiger charge is -2.49. The molecular weight excluding hydrogens is 542 g/mol. The molecule has 3 rings (SSSR count). The zero-order valence-electron chi connectivity index (χ0n) is 21.6. The van der Waals surface area contributed by atoms with E-state index in [1.165, 1.54) is 19.2 Å². The van der Waals surface area contributed by atoms with Gasteiger partial charge in [0.05, 0.1) is 32.5 Å². The van der Waals surface area contributed by atoms with Gasteiger partial charge < -0.3 is 69.9 Å². The average Bonchev–Trinajstić information content (AvgIpc) is 2.93. The summed E-state index contributed by atoms with van der Waals surface area (Å²) >= 11 is 0. The van der Waals surface area contributed by atoms with Gasteiger partial charge in [-0.15, -0.1) is 0 Å². The molecule has 0 bridgehead atoms. The fraction of sp³-hybridized carbons (Fsp3) is 0.667. The van der Waals surface area contributed by atoms with E-state index in [9.17, 15) is 50.4 Å². The van der Waals surface area contributed by atoms with Crippen LogP contribution >= 0.6 is 0 Å². The Morgan fingerprint density at radius 1 is 1.10 bits per heavy atom. The van der Waals surface area contributed by atoms with Gasteiger partial charge in [0.1, 0.15) is 54.2 Å². The van der Waals surface area contributed by atoms with Crippen molar-refractivity contribution in [1.82, 2.24) is 5.32 Å². The molecule has 11 atom stereocenters. The van der Waals surface area contributed by atoms with Gasteiger partial charge in [0.2, 0.25) is 12.2 Å². The molecule has 40 heavy (non-hydrogen) atoms. The SMILES string of the molecule is COc1ccc(O[C@@H]2O[C@H](CO)[C@@H](O)[C@H](O[C@]3(C(=O)O)C[C@H](O)[C@@H](NC(C)=O)[C@H]([C@H](O)[C@H](O)CO)O3)[C@@H]2O)cc1. The lowest BCUT2D eigenvalue weighted by molar-refractivity contribution is -0.363. The number of carbonyl (C=O) groups excluding carboxylic acids is 1. The van der Waals surface area contributed by atoms with Crippen molar-refractivity contribution in [3.63, 3.8) is 0 Å². The van der Waals surface area contributed by atoms with E-state index in [1.807, 2.05) is 0 Å². The molecule has 1 aromatic carbocycles. The molecule has 0 saturated carbocycles. The van der Waals surface area contributed by atoms with Crippen molar-refractivity contribution in [1.29, 1.82) is 0 Å². The van der Waals surface area contributed by atoms with E-state index in [0.717, 1.165) is 6.92 Å². The van der Waals surface area contributed by atoms with Crippen LogP contribution in [0, 0.1) is 0 Å². The average molecular weight is 578 g/mol. The first-order valence-electron chi connectivity index (χ1n) is 12.3. The summed E-state index contributed by atoms with van der Waals surface area (Å²) in [6.45, 7) is -0.694. The molecule has 2 heterocycles. The van der Waals surface area contributed by atoms with E-state index in [1.54, 1.807) is 12.1 Å². The third kappa shape index (κ3) is 6.80. The van der Waals surface area contributed by atoms with Gasteiger partial charge in [-0.25, -0.2) is 4.79 Å². The second kappa shape index (κ2) is 13.3. The number of methoxy groups -OCH3 is 1. The molecular formula is C24H35NO15. The van der Waals surface area contributed by atoms with Crippen LogP contribution in [0.4, 0.5) is 0 Å². The summed E-state index contributed by atoms with van der Waals surface area (Å²) in [5, 5.41) is 84.6. The Kier molecular flexibility index (Phi) is 10.6. The molecule has 0 spiro atoms. The summed E-state index contributed by atoms with van der Waals surface area (Å²) in [6, 6.07) is 4.59. The van der Waals surface area contributed by atoms with Gasteiger partial charge in [-0.1, -0.05) is 0 Å². The lowest BCUT2D eigenvalue weighted by Crippen LogP contribution is -2.70. The second-order valence-corrected chi connectivity index (χ2v) is 9.46. The van der Waals surface area contributed by atoms with E-state index in [-0.39, 0.29) is 5.75 Å². The first-order valence-corrected chi connectivity index (χ1v) is 12.3. The van der Waals surface area contributed by atoms with E-state index in [0.29, 0.717) is 5.75 Å². The molecule has 16 nitrogen and oxygen atoms in total. The van der Waals surface area contributed by atoms with Crippen LogP contribution in [0.1, 0.15) is 13.3 Å². The Labute approximate surface area is 228 Å². The van der Waals surface area contributed by atoms with Gasteiger partial charge >= 0.3 is 5.97 Å². The van der Waals surface area contributed by atoms with Crippen LogP contribution < -0.4 is 14.8 Å². The van der Waals surface area contributed by atoms with E-state index >= 15 is 0 Å². The number of benzene rings is 1. The molecule has 0 radical (unpaired) electrons. The molecule has 2 aliphatic rings. The van der Waals surface area contributed by atoms with E-state index in [2.05, 4.69) is 5.32 Å². The molecule has 1 aromatic rings. The van der Waals surface area contributed by atoms with Crippen LogP contribution in [0.15, 0.2) is 24.3 Å². The Hall–Kier alpha value is -2.64. The highest BCUT2D eigenvalue weighted by Crippen LogP contribution is 2.37. The number of carboxylic acids is 1. The second-order valence-electron chi connectivity index (χ2n) is 9.46. The molecule has 2 fully saturated rings. The van der Waals surface area contributed by atoms with Crippen molar-refractivity contribution in [2.24, 2.45) is 0 Å². The summed E-state index contributed by atoms with van der Waals surface area (Å²) in [4.78, 5) is 24.2. The number of ether oxygens (including phenoxy) is 5. The highest BCUT2D eigenvalue weighted by Gasteiger charge is 2.59. The summed E-state index contributed by atoms with van der Waals surface area (Å²) < 4.78 is 27.3. The highest BCUT2D eigenvalue weighted by molar-refractivity contribution is 5.76. The van der Waals surface area contributed by atoms with Gasteiger partial charge in [0.15, 0.2) is 0 Å². The van der Waals surface area contributed by atoms with Gasteiger partial charge in [0, 0.05) is 13.3 Å². The summed E-state index contributed by atoms with van der Waals surface area (Å²) in [5.41, 5.74) is 0. The molecule has 0 aromatic heterocycles. The maximum Gasteiger partial charge on any atom is 0.364 e. The number of amides is 1. The van der Waals surface area contributed by atoms with Gasteiger partial charge in [-0.2, -0.15) is 0 Å². The molecule has 16 heteroatoms. The number of rotatable bonds is 11. The van der Waals surface area contributed by atoms with Gasteiger partial charge in [0.25, 0.3) is 5.79 Å². The number of aliphatic hydroxyl groups excluding tert-OH is 7. The molecule has 0 unspecified atom stereocenters. The minimum Gasteiger partial charge on any atom is -0.497 e. The quantitative estimate of drug-likeness (QED) is 0.122. The Morgan fingerprint density at radius 2 is 1.73 bits per heavy atom. The number of carboxylic acid groups (broad SMARTS) is 1. The first kappa shape index (κ1) is 31.9. The number of aliphatic hydroxyl groups is 7. The van der Waals surface area contributed by atoms with E-state index < -0.39 is 98.5 Å². The summed E-state index contributed by atoms with van der Waals surface area (Å²) in [7, 11) is 1.45. The number of hydrogen-bond acceptors (Lipinski definition) is 14. The van der Waals surface area contributed by atoms with Crippen LogP contribution in [-0.2, 0) is 23.8 Å². The monoisotopic (exact) mass is 577 g/mol. The summed E-state index contributed by atoms with van der Waals surface area (Å²) in [5.74, 6) is -4.74. The Bertz CT molecular complexity index is 995. The molecule has 0 aliphatic carbocycles. The fourth-order valence-corrected chi connectivity index (χ4v) is 4.55. The summed E-state index contributed by atoms with van der Waals surface area (Å²) in [6.07, 6.45) is -17.0. The van der Waals surface area contributed by atoms with Crippen molar-refractivity contribution in [2.75, 3.05) is 20.3 Å². The number of aliphatic carboxylic acids is 1. The van der Waals surface area contributed by atoms with Gasteiger partial charge in [-0.05, 0) is 24.3 Å². The third-order valence-corrected chi connectivity index (χ3v) is 6.65. The predicted octanol–water partition coefficient (Wildman–Crippen LogP) is -3.95. The molecule has 2 saturated heterocycles. The van der Waals surface area contributed by atoms with Crippen LogP contribution in [0.2, 0.25) is 0 Å². The Balaban J connectivity index is 1.93. The van der Waals surface area contributed by atoms with Crippen molar-refractivity contribution in [3.8, 4) is 11.5 Å². The number of nitrogens with one attached hydrogen (secondary N) is 1. The smallest absolute Gasteiger partial charge is 0.364 e. The topological polar surface area (TPSA) is 254 Å². The third-order valence-electron chi connectivity index (χ3n) is 6.65. The zero-order valence-corrected chi connectivity index (χ0v) is 21.6. The van der Waals surface area contributed by atoms with Crippen molar-refractivity contribution < 1.29 is 74.1 Å². The van der Waals surface area contributed by atoms with Gasteiger partial charge in [-0.3, -0.25) is 4.79 Å². The van der Waals surface area contributed by atoms with Crippen LogP contribution in [-0.4, -0.2) is 140 Å². The van der Waals surface area contributed by atoms with Crippen LogP contribution in [0.25, 0.3) is 0 Å². The fourth-order valence-electron chi connectivity index (χ4n) is 4.55. The minimum absolute atomic E-state index is 0.174. The normalized spacial score (nSPS) is 35.8. The largest absolute Gasteiger partial charge is 0.497 e. The molecule has 1 amide bonds. The minimum atomic E-state index is -2.87. The standard InChI is InChI=1S/C24H35NO15/c1-10(28)25-16-13(29)7-24(23(34)35,39-20(16)17(31)14(30)8-26)40-21-18(32)15(9-27)38-22(19(21)33)37-12-5-3-11(36-2)4-6-12/h3-6,13-22,26-27,29-33H,7-9H2,1-2H3,(H,25,28)(H,34,35)/t13-,14+,15+,16+,17+,18+,19-,20+,21-,22+,24-/m0/s1. The maximum absolute atomic E-state index is 12.5. The highest BCUT2D eigenvalue weighted by atomic mass is 16.8. The van der Waals surface area contributed by atoms with Crippen molar-refractivity contribution in [2.45, 2.75) is 80.3 Å². The van der Waals surface area contributed by atoms with Crippen LogP contribution in [0.3, 0.4) is 0 Å². The van der Waals surface area contributed by atoms with Crippen molar-refractivity contribution >= 4 is 11.9 Å². The lowest BCUT2D eigenvalue weighted by atomic mass is 9.88. The molecule has 2 aliphatic heterocycles. The maximum atomic E-state index is 12.5. The number of carbonyl (C=O) groups is 2. The molecule has 226 valence electrons. The van der Waals surface area contributed by atoms with Crippen molar-refractivity contribution in [3.05, 3.63) is 24.3 Å². The zero-order chi connectivity index (χ0) is 29.8.